The smallest absolute Gasteiger partial charge is 0.296 e. The van der Waals surface area contributed by atoms with Crippen molar-refractivity contribution in [2.45, 2.75) is 6.92 Å². The maximum atomic E-state index is 11.3. The Bertz CT molecular complexity index is 561. The second-order valence-electron chi connectivity index (χ2n) is 4.55. The highest BCUT2D eigenvalue weighted by molar-refractivity contribution is 5.96. The summed E-state index contributed by atoms with van der Waals surface area (Å²) >= 11 is 0. The van der Waals surface area contributed by atoms with Crippen LogP contribution in [0.25, 0.3) is 0 Å². The second-order valence-corrected chi connectivity index (χ2v) is 4.55. The lowest BCUT2D eigenvalue weighted by Crippen LogP contribution is -2.27. The molecule has 1 heterocycles. The molecule has 0 atom stereocenters. The van der Waals surface area contributed by atoms with Crippen LogP contribution < -0.4 is 15.0 Å². The number of nitrogens with zero attached hydrogens (tertiary/aromatic N) is 2. The zero-order valence-electron chi connectivity index (χ0n) is 11.9. The number of ether oxygens (including phenoxy) is 2. The molecule has 0 radical (unpaired) electrons. The number of hydrogen-bond donors (Lipinski definition) is 1. The lowest BCUT2D eigenvalue weighted by atomic mass is 10.2. The number of nitro groups is 1. The summed E-state index contributed by atoms with van der Waals surface area (Å²) in [6, 6.07) is 2.89. The van der Waals surface area contributed by atoms with E-state index in [1.165, 1.54) is 6.07 Å². The van der Waals surface area contributed by atoms with E-state index in [2.05, 4.69) is 5.32 Å². The third kappa shape index (κ3) is 3.40. The number of benzene rings is 1. The Balaban J connectivity index is 2.31. The van der Waals surface area contributed by atoms with Gasteiger partial charge in [0.25, 0.3) is 11.6 Å². The number of rotatable bonds is 6. The molecule has 1 amide bonds. The summed E-state index contributed by atoms with van der Waals surface area (Å²) in [5.74, 6) is 0.0301. The number of nitrogens with one attached hydrogen (secondary N) is 1. The highest BCUT2D eigenvalue weighted by Crippen LogP contribution is 2.39. The van der Waals surface area contributed by atoms with Gasteiger partial charge in [0.2, 0.25) is 0 Å². The first kappa shape index (κ1) is 15.0. The Morgan fingerprint density at radius 2 is 2.29 bits per heavy atom. The number of fused-ring (bicyclic) bond motifs is 1. The molecular weight excluding hydrogens is 278 g/mol. The average molecular weight is 295 g/mol. The van der Waals surface area contributed by atoms with Crippen LogP contribution in [-0.4, -0.2) is 44.2 Å². The maximum absolute atomic E-state index is 11.3. The standard InChI is InChI=1S/C13H17N3O5/c1-3-20-5-4-15(2)10-6-9-12(7-11(10)16(18)19)21-8-13(17)14-9/h6-7H,3-5,8H2,1-2H3,(H,14,17). The number of anilines is 2. The first-order chi connectivity index (χ1) is 10.0. The number of carbonyl (C=O) groups excluding carboxylic acids is 1. The zero-order chi connectivity index (χ0) is 15.4. The third-order valence-electron chi connectivity index (χ3n) is 3.09. The molecule has 1 aliphatic heterocycles. The molecule has 1 aromatic carbocycles. The molecule has 0 saturated carbocycles. The summed E-state index contributed by atoms with van der Waals surface area (Å²) in [6.07, 6.45) is 0. The van der Waals surface area contributed by atoms with Crippen molar-refractivity contribution in [2.75, 3.05) is 43.6 Å². The van der Waals surface area contributed by atoms with Gasteiger partial charge in [0, 0.05) is 20.2 Å². The van der Waals surface area contributed by atoms with Gasteiger partial charge in [0.15, 0.2) is 12.4 Å². The predicted octanol–water partition coefficient (Wildman–Crippen LogP) is 1.40. The van der Waals surface area contributed by atoms with E-state index in [0.717, 1.165) is 0 Å². The molecule has 8 nitrogen and oxygen atoms in total. The molecule has 0 spiro atoms. The van der Waals surface area contributed by atoms with E-state index in [0.29, 0.717) is 36.9 Å². The number of carbonyl (C=O) groups is 1. The zero-order valence-corrected chi connectivity index (χ0v) is 11.9. The minimum atomic E-state index is -0.466. The van der Waals surface area contributed by atoms with Gasteiger partial charge in [-0.05, 0) is 13.0 Å². The molecule has 0 bridgehead atoms. The molecule has 0 saturated heterocycles. The van der Waals surface area contributed by atoms with Crippen molar-refractivity contribution in [3.63, 3.8) is 0 Å². The van der Waals surface area contributed by atoms with E-state index < -0.39 is 4.92 Å². The molecule has 1 aliphatic rings. The highest BCUT2D eigenvalue weighted by atomic mass is 16.6. The topological polar surface area (TPSA) is 93.9 Å². The van der Waals surface area contributed by atoms with Gasteiger partial charge in [-0.1, -0.05) is 0 Å². The van der Waals surface area contributed by atoms with Gasteiger partial charge < -0.3 is 19.7 Å². The summed E-state index contributed by atoms with van der Waals surface area (Å²) in [7, 11) is 1.74. The van der Waals surface area contributed by atoms with E-state index >= 15 is 0 Å². The molecule has 8 heteroatoms. The molecule has 0 fully saturated rings. The molecule has 1 N–H and O–H groups in total. The highest BCUT2D eigenvalue weighted by Gasteiger charge is 2.25. The van der Waals surface area contributed by atoms with Crippen molar-refractivity contribution in [2.24, 2.45) is 0 Å². The Morgan fingerprint density at radius 1 is 1.52 bits per heavy atom. The summed E-state index contributed by atoms with van der Waals surface area (Å²) in [6.45, 7) is 3.30. The van der Waals surface area contributed by atoms with E-state index in [1.54, 1.807) is 18.0 Å². The molecule has 114 valence electrons. The molecule has 0 unspecified atom stereocenters. The fourth-order valence-corrected chi connectivity index (χ4v) is 2.02. The van der Waals surface area contributed by atoms with Crippen LogP contribution in [0, 0.1) is 10.1 Å². The van der Waals surface area contributed by atoms with E-state index in [4.69, 9.17) is 9.47 Å². The Kier molecular flexibility index (Phi) is 4.59. The van der Waals surface area contributed by atoms with E-state index in [1.807, 2.05) is 6.92 Å². The number of likely N-dealkylation sites (N-methyl/N-ethyl adjacent to an activating group) is 1. The fourth-order valence-electron chi connectivity index (χ4n) is 2.02. The maximum Gasteiger partial charge on any atom is 0.296 e. The van der Waals surface area contributed by atoms with Crippen LogP contribution in [-0.2, 0) is 9.53 Å². The van der Waals surface area contributed by atoms with Crippen LogP contribution in [0.15, 0.2) is 12.1 Å². The Morgan fingerprint density at radius 3 is 2.95 bits per heavy atom. The number of hydrogen-bond acceptors (Lipinski definition) is 6. The van der Waals surface area contributed by atoms with Gasteiger partial charge in [0.05, 0.1) is 23.3 Å². The Hall–Kier alpha value is -2.35. The van der Waals surface area contributed by atoms with Gasteiger partial charge in [-0.2, -0.15) is 0 Å². The average Bonchev–Trinajstić information content (AvgIpc) is 2.45. The normalized spacial score (nSPS) is 13.1. The summed E-state index contributed by atoms with van der Waals surface area (Å²) in [5, 5.41) is 13.9. The molecule has 21 heavy (non-hydrogen) atoms. The van der Waals surface area contributed by atoms with Crippen LogP contribution in [0.1, 0.15) is 6.92 Å². The molecule has 2 rings (SSSR count). The Labute approximate surface area is 121 Å². The van der Waals surface area contributed by atoms with Crippen molar-refractivity contribution in [3.8, 4) is 5.75 Å². The first-order valence-corrected chi connectivity index (χ1v) is 6.57. The SMILES string of the molecule is CCOCCN(C)c1cc2c(cc1[N+](=O)[O-])OCC(=O)N2. The third-order valence-corrected chi connectivity index (χ3v) is 3.09. The summed E-state index contributed by atoms with van der Waals surface area (Å²) < 4.78 is 10.4. The predicted molar refractivity (Wildman–Crippen MR) is 77.0 cm³/mol. The van der Waals surface area contributed by atoms with Crippen molar-refractivity contribution in [3.05, 3.63) is 22.2 Å². The second kappa shape index (κ2) is 6.40. The minimum absolute atomic E-state index is 0.0658. The van der Waals surface area contributed by atoms with Gasteiger partial charge in [-0.25, -0.2) is 0 Å². The molecule has 1 aromatic rings. The minimum Gasteiger partial charge on any atom is -0.481 e. The van der Waals surface area contributed by atoms with Crippen molar-refractivity contribution in [1.29, 1.82) is 0 Å². The molecule has 0 aromatic heterocycles. The van der Waals surface area contributed by atoms with Crippen LogP contribution in [0.5, 0.6) is 5.75 Å². The molecule has 0 aliphatic carbocycles. The summed E-state index contributed by atoms with van der Waals surface area (Å²) in [5.41, 5.74) is 0.781. The van der Waals surface area contributed by atoms with Gasteiger partial charge in [0.1, 0.15) is 5.69 Å². The lowest BCUT2D eigenvalue weighted by Gasteiger charge is -2.23. The monoisotopic (exact) mass is 295 g/mol. The molecular formula is C13H17N3O5. The van der Waals surface area contributed by atoms with Crippen LogP contribution in [0.4, 0.5) is 17.1 Å². The lowest BCUT2D eigenvalue weighted by molar-refractivity contribution is -0.384. The van der Waals surface area contributed by atoms with Crippen LogP contribution >= 0.6 is 0 Å². The first-order valence-electron chi connectivity index (χ1n) is 6.57. The van der Waals surface area contributed by atoms with Crippen LogP contribution in [0.2, 0.25) is 0 Å². The van der Waals surface area contributed by atoms with Gasteiger partial charge in [-0.15, -0.1) is 0 Å². The van der Waals surface area contributed by atoms with Gasteiger partial charge >= 0.3 is 0 Å². The van der Waals surface area contributed by atoms with Crippen molar-refractivity contribution in [1.82, 2.24) is 0 Å². The van der Waals surface area contributed by atoms with Crippen molar-refractivity contribution >= 4 is 23.0 Å². The van der Waals surface area contributed by atoms with Crippen molar-refractivity contribution < 1.29 is 19.2 Å². The van der Waals surface area contributed by atoms with E-state index in [9.17, 15) is 14.9 Å². The fraction of sp³-hybridized carbons (Fsp3) is 0.462. The quantitative estimate of drug-likeness (QED) is 0.484. The van der Waals surface area contributed by atoms with E-state index in [-0.39, 0.29) is 18.2 Å². The number of nitro benzene ring substituents is 1. The van der Waals surface area contributed by atoms with Crippen LogP contribution in [0.3, 0.4) is 0 Å². The summed E-state index contributed by atoms with van der Waals surface area (Å²) in [4.78, 5) is 23.8. The number of amides is 1. The van der Waals surface area contributed by atoms with Gasteiger partial charge in [-0.3, -0.25) is 14.9 Å². The largest absolute Gasteiger partial charge is 0.481 e.